The van der Waals surface area contributed by atoms with Gasteiger partial charge in [-0.25, -0.2) is 0 Å². The standard InChI is InChI=1S/C11H14O2.C10H12O2/c1-2-5-9(4-1)11(8-13-11)10-6-3-7-12-10;11-10(8-4-1-2-5-8)9-6-3-7-12-9/h3,6-7,9H,1-2,4-5,8H2;3,6-8H,1-2,4-5H2. The fraction of sp³-hybridized carbons (Fsp3) is 0.571. The Bertz CT molecular complexity index is 655. The maximum absolute atomic E-state index is 11.6. The third-order valence-electron chi connectivity index (χ3n) is 5.90. The molecule has 1 atom stereocenters. The molecule has 1 aliphatic heterocycles. The molecule has 0 N–H and O–H groups in total. The van der Waals surface area contributed by atoms with E-state index >= 15 is 0 Å². The lowest BCUT2D eigenvalue weighted by atomic mass is 9.89. The minimum atomic E-state index is -0.0139. The van der Waals surface area contributed by atoms with Gasteiger partial charge in [0.15, 0.2) is 11.4 Å². The molecule has 134 valence electrons. The molecule has 25 heavy (non-hydrogen) atoms. The van der Waals surface area contributed by atoms with Gasteiger partial charge in [-0.15, -0.1) is 0 Å². The SMILES string of the molecule is O=C(c1ccco1)C1CCCC1.c1coc(C2(C3CCCC3)CO2)c1. The normalized spacial score (nSPS) is 26.4. The van der Waals surface area contributed by atoms with Gasteiger partial charge in [0.05, 0.1) is 19.1 Å². The molecule has 0 bridgehead atoms. The van der Waals surface area contributed by atoms with Gasteiger partial charge in [0, 0.05) is 5.92 Å². The Morgan fingerprint density at radius 3 is 2.12 bits per heavy atom. The van der Waals surface area contributed by atoms with Crippen LogP contribution in [0.15, 0.2) is 45.6 Å². The van der Waals surface area contributed by atoms with Crippen LogP contribution in [0.25, 0.3) is 0 Å². The minimum absolute atomic E-state index is 0.0139. The number of furan rings is 2. The maximum Gasteiger partial charge on any atom is 0.201 e. The topological polar surface area (TPSA) is 55.9 Å². The number of carbonyl (C=O) groups is 1. The van der Waals surface area contributed by atoms with Crippen LogP contribution in [-0.4, -0.2) is 12.4 Å². The Hall–Kier alpha value is -1.81. The van der Waals surface area contributed by atoms with Gasteiger partial charge in [-0.3, -0.25) is 4.79 Å². The van der Waals surface area contributed by atoms with Crippen molar-refractivity contribution < 1.29 is 18.4 Å². The summed E-state index contributed by atoms with van der Waals surface area (Å²) in [7, 11) is 0. The fourth-order valence-corrected chi connectivity index (χ4v) is 4.38. The zero-order chi connectivity index (χ0) is 17.1. The van der Waals surface area contributed by atoms with Crippen LogP contribution in [0.5, 0.6) is 0 Å². The molecule has 1 saturated heterocycles. The van der Waals surface area contributed by atoms with Crippen molar-refractivity contribution in [1.82, 2.24) is 0 Å². The van der Waals surface area contributed by atoms with Crippen LogP contribution in [0.4, 0.5) is 0 Å². The summed E-state index contributed by atoms with van der Waals surface area (Å²) in [6.07, 6.45) is 13.1. The first kappa shape index (κ1) is 16.6. The maximum atomic E-state index is 11.6. The molecule has 2 aliphatic carbocycles. The average molecular weight is 342 g/mol. The number of Topliss-reactive ketones (excluding diaryl/α,β-unsaturated/α-hetero) is 1. The highest BCUT2D eigenvalue weighted by atomic mass is 16.6. The molecule has 0 radical (unpaired) electrons. The van der Waals surface area contributed by atoms with Crippen LogP contribution in [0, 0.1) is 11.8 Å². The Morgan fingerprint density at radius 1 is 0.920 bits per heavy atom. The van der Waals surface area contributed by atoms with Gasteiger partial charge >= 0.3 is 0 Å². The van der Waals surface area contributed by atoms with Crippen LogP contribution in [0.2, 0.25) is 0 Å². The number of epoxide rings is 1. The van der Waals surface area contributed by atoms with Crippen LogP contribution in [0.1, 0.15) is 67.7 Å². The Labute approximate surface area is 148 Å². The van der Waals surface area contributed by atoms with Crippen LogP contribution < -0.4 is 0 Å². The summed E-state index contributed by atoms with van der Waals surface area (Å²) in [4.78, 5) is 11.6. The van der Waals surface area contributed by atoms with Gasteiger partial charge in [0.1, 0.15) is 5.76 Å². The molecule has 4 heteroatoms. The molecule has 3 fully saturated rings. The second-order valence-corrected chi connectivity index (χ2v) is 7.46. The molecule has 2 aromatic heterocycles. The average Bonchev–Trinajstić information content (AvgIpc) is 3.31. The lowest BCUT2D eigenvalue weighted by Crippen LogP contribution is -2.18. The molecule has 1 unspecified atom stereocenters. The van der Waals surface area contributed by atoms with Crippen molar-refractivity contribution in [3.8, 4) is 0 Å². The van der Waals surface area contributed by atoms with Gasteiger partial charge < -0.3 is 13.6 Å². The Balaban J connectivity index is 0.000000126. The molecule has 2 aromatic rings. The van der Waals surface area contributed by atoms with Crippen molar-refractivity contribution in [2.45, 2.75) is 57.0 Å². The zero-order valence-electron chi connectivity index (χ0n) is 14.6. The highest BCUT2D eigenvalue weighted by Gasteiger charge is 2.55. The van der Waals surface area contributed by atoms with Crippen molar-refractivity contribution in [2.75, 3.05) is 6.61 Å². The second-order valence-electron chi connectivity index (χ2n) is 7.46. The van der Waals surface area contributed by atoms with Crippen molar-refractivity contribution >= 4 is 5.78 Å². The lowest BCUT2D eigenvalue weighted by Gasteiger charge is -2.16. The molecule has 5 rings (SSSR count). The minimum Gasteiger partial charge on any atom is -0.466 e. The number of hydrogen-bond donors (Lipinski definition) is 0. The van der Waals surface area contributed by atoms with Crippen LogP contribution in [0.3, 0.4) is 0 Å². The van der Waals surface area contributed by atoms with E-state index in [0.717, 1.165) is 25.2 Å². The van der Waals surface area contributed by atoms with E-state index < -0.39 is 0 Å². The summed E-state index contributed by atoms with van der Waals surface area (Å²) in [5.74, 6) is 2.70. The van der Waals surface area contributed by atoms with Crippen molar-refractivity contribution in [2.24, 2.45) is 11.8 Å². The van der Waals surface area contributed by atoms with E-state index in [1.807, 2.05) is 12.1 Å². The second kappa shape index (κ2) is 7.20. The molecule has 3 heterocycles. The van der Waals surface area contributed by atoms with E-state index in [9.17, 15) is 4.79 Å². The first-order valence-electron chi connectivity index (χ1n) is 9.55. The van der Waals surface area contributed by atoms with E-state index in [1.165, 1.54) is 38.5 Å². The number of ether oxygens (including phenoxy) is 1. The molecular weight excluding hydrogens is 316 g/mol. The number of carbonyl (C=O) groups excluding carboxylic acids is 1. The number of rotatable bonds is 4. The molecule has 0 aromatic carbocycles. The molecule has 4 nitrogen and oxygen atoms in total. The van der Waals surface area contributed by atoms with Crippen molar-refractivity contribution in [1.29, 1.82) is 0 Å². The van der Waals surface area contributed by atoms with Gasteiger partial charge in [-0.05, 0) is 55.9 Å². The molecule has 0 spiro atoms. The smallest absolute Gasteiger partial charge is 0.201 e. The highest BCUT2D eigenvalue weighted by Crippen LogP contribution is 2.51. The first-order valence-corrected chi connectivity index (χ1v) is 9.55. The summed E-state index contributed by atoms with van der Waals surface area (Å²) in [5, 5.41) is 0. The Kier molecular flexibility index (Phi) is 4.80. The first-order chi connectivity index (χ1) is 12.3. The molecule has 2 saturated carbocycles. The number of hydrogen-bond acceptors (Lipinski definition) is 4. The van der Waals surface area contributed by atoms with E-state index in [-0.39, 0.29) is 17.3 Å². The van der Waals surface area contributed by atoms with Crippen LogP contribution >= 0.6 is 0 Å². The summed E-state index contributed by atoms with van der Waals surface area (Å²) >= 11 is 0. The summed E-state index contributed by atoms with van der Waals surface area (Å²) < 4.78 is 16.1. The summed E-state index contributed by atoms with van der Waals surface area (Å²) in [6.45, 7) is 0.866. The highest BCUT2D eigenvalue weighted by molar-refractivity contribution is 5.95. The van der Waals surface area contributed by atoms with E-state index in [0.29, 0.717) is 11.7 Å². The zero-order valence-corrected chi connectivity index (χ0v) is 14.6. The van der Waals surface area contributed by atoms with Gasteiger partial charge in [-0.2, -0.15) is 0 Å². The molecule has 0 amide bonds. The fourth-order valence-electron chi connectivity index (χ4n) is 4.38. The number of ketones is 1. The van der Waals surface area contributed by atoms with E-state index in [2.05, 4.69) is 0 Å². The quantitative estimate of drug-likeness (QED) is 0.555. The monoisotopic (exact) mass is 342 g/mol. The van der Waals surface area contributed by atoms with Crippen molar-refractivity contribution in [3.63, 3.8) is 0 Å². The van der Waals surface area contributed by atoms with Gasteiger partial charge in [0.2, 0.25) is 5.78 Å². The van der Waals surface area contributed by atoms with Gasteiger partial charge in [-0.1, -0.05) is 25.7 Å². The summed E-state index contributed by atoms with van der Waals surface area (Å²) in [6, 6.07) is 7.52. The molecule has 3 aliphatic rings. The summed E-state index contributed by atoms with van der Waals surface area (Å²) in [5.41, 5.74) is -0.0139. The third-order valence-corrected chi connectivity index (χ3v) is 5.90. The van der Waals surface area contributed by atoms with E-state index in [1.54, 1.807) is 24.7 Å². The van der Waals surface area contributed by atoms with Gasteiger partial charge in [0.25, 0.3) is 0 Å². The third kappa shape index (κ3) is 3.45. The van der Waals surface area contributed by atoms with Crippen molar-refractivity contribution in [3.05, 3.63) is 48.3 Å². The lowest BCUT2D eigenvalue weighted by molar-refractivity contribution is 0.0894. The molecular formula is C21H26O4. The Morgan fingerprint density at radius 2 is 1.56 bits per heavy atom. The van der Waals surface area contributed by atoms with Crippen LogP contribution in [-0.2, 0) is 10.3 Å². The predicted molar refractivity (Wildman–Crippen MR) is 93.3 cm³/mol. The largest absolute Gasteiger partial charge is 0.466 e. The van der Waals surface area contributed by atoms with E-state index in [4.69, 9.17) is 13.6 Å². The predicted octanol–water partition coefficient (Wildman–Crippen LogP) is 5.35.